The van der Waals surface area contributed by atoms with Gasteiger partial charge in [-0.1, -0.05) is 18.2 Å². The van der Waals surface area contributed by atoms with Gasteiger partial charge in [-0.15, -0.1) is 11.3 Å². The van der Waals surface area contributed by atoms with Gasteiger partial charge in [-0.05, 0) is 63.3 Å². The molecule has 0 spiro atoms. The first-order valence-electron chi connectivity index (χ1n) is 10.3. The number of aryl methyl sites for hydroxylation is 3. The zero-order valence-electron chi connectivity index (χ0n) is 17.4. The Bertz CT molecular complexity index is 1430. The van der Waals surface area contributed by atoms with Gasteiger partial charge >= 0.3 is 0 Å². The van der Waals surface area contributed by atoms with Gasteiger partial charge in [0.15, 0.2) is 5.82 Å². The minimum atomic E-state index is -0.158. The van der Waals surface area contributed by atoms with E-state index in [-0.39, 0.29) is 5.56 Å². The van der Waals surface area contributed by atoms with Crippen molar-refractivity contribution in [1.82, 2.24) is 19.7 Å². The van der Waals surface area contributed by atoms with E-state index in [1.54, 1.807) is 17.4 Å². The first-order chi connectivity index (χ1) is 15.1. The highest BCUT2D eigenvalue weighted by atomic mass is 32.1. The van der Waals surface area contributed by atoms with Crippen LogP contribution in [0.5, 0.6) is 0 Å². The molecule has 0 atom stereocenters. The van der Waals surface area contributed by atoms with Gasteiger partial charge in [0.25, 0.3) is 5.56 Å². The van der Waals surface area contributed by atoms with Crippen LogP contribution in [-0.2, 0) is 12.8 Å². The number of thiophene rings is 1. The zero-order valence-corrected chi connectivity index (χ0v) is 18.2. The van der Waals surface area contributed by atoms with Crippen LogP contribution in [0.1, 0.15) is 46.1 Å². The van der Waals surface area contributed by atoms with E-state index in [0.717, 1.165) is 58.7 Å². The van der Waals surface area contributed by atoms with Gasteiger partial charge in [0.05, 0.1) is 22.3 Å². The summed E-state index contributed by atoms with van der Waals surface area (Å²) in [6.45, 7) is 3.89. The highest BCUT2D eigenvalue weighted by molar-refractivity contribution is 7.18. The van der Waals surface area contributed by atoms with E-state index in [2.05, 4.69) is 21.1 Å². The molecule has 0 radical (unpaired) electrons. The normalized spacial score (nSPS) is 13.9. The van der Waals surface area contributed by atoms with E-state index in [1.165, 1.54) is 4.88 Å². The fraction of sp³-hybridized carbons (Fsp3) is 0.250. The van der Waals surface area contributed by atoms with Crippen molar-refractivity contribution >= 4 is 33.2 Å². The second kappa shape index (κ2) is 7.64. The molecule has 1 N–H and O–H groups in total. The molecule has 0 unspecified atom stereocenters. The molecule has 31 heavy (non-hydrogen) atoms. The Hall–Kier alpha value is -3.50. The number of aromatic amines is 1. The van der Waals surface area contributed by atoms with Crippen molar-refractivity contribution in [2.45, 2.75) is 39.5 Å². The largest absolute Gasteiger partial charge is 0.305 e. The molecule has 1 aliphatic carbocycles. The third-order valence-electron chi connectivity index (χ3n) is 5.84. The minimum Gasteiger partial charge on any atom is -0.305 e. The van der Waals surface area contributed by atoms with Crippen molar-refractivity contribution in [2.24, 2.45) is 0 Å². The maximum Gasteiger partial charge on any atom is 0.260 e. The molecular formula is C24H21N5OS. The Morgan fingerprint density at radius 2 is 2.00 bits per heavy atom. The molecule has 0 fully saturated rings. The number of rotatable bonds is 3. The molecule has 6 nitrogen and oxygen atoms in total. The lowest BCUT2D eigenvalue weighted by atomic mass is 9.97. The monoisotopic (exact) mass is 427 g/mol. The maximum absolute atomic E-state index is 12.9. The molecule has 0 saturated carbocycles. The molecule has 5 rings (SSSR count). The van der Waals surface area contributed by atoms with Crippen LogP contribution in [-0.4, -0.2) is 19.7 Å². The molecule has 1 aromatic carbocycles. The van der Waals surface area contributed by atoms with Gasteiger partial charge in [0.2, 0.25) is 0 Å². The lowest BCUT2D eigenvalue weighted by molar-refractivity contribution is 0.700. The number of para-hydroxylation sites is 1. The van der Waals surface area contributed by atoms with Crippen LogP contribution in [0, 0.1) is 25.2 Å². The van der Waals surface area contributed by atoms with Crippen molar-refractivity contribution < 1.29 is 0 Å². The van der Waals surface area contributed by atoms with Crippen LogP contribution in [0.4, 0.5) is 0 Å². The Labute approximate surface area is 183 Å². The Balaban J connectivity index is 1.62. The summed E-state index contributed by atoms with van der Waals surface area (Å²) in [4.78, 5) is 22.4. The van der Waals surface area contributed by atoms with Gasteiger partial charge in [-0.2, -0.15) is 10.4 Å². The van der Waals surface area contributed by atoms with Gasteiger partial charge in [-0.25, -0.2) is 9.67 Å². The SMILES string of the molecule is Cc1nn(-c2ccccc2)c(C)c1/C=C(\C#N)c1nc2sc3c(c2c(=O)[nH]1)CCCC3. The highest BCUT2D eigenvalue weighted by Crippen LogP contribution is 2.34. The molecule has 3 aromatic heterocycles. The van der Waals surface area contributed by atoms with E-state index in [0.29, 0.717) is 16.8 Å². The van der Waals surface area contributed by atoms with Crippen LogP contribution in [0.15, 0.2) is 35.1 Å². The summed E-state index contributed by atoms with van der Waals surface area (Å²) in [5.74, 6) is 0.310. The fourth-order valence-corrected chi connectivity index (χ4v) is 5.54. The number of benzene rings is 1. The third-order valence-corrected chi connectivity index (χ3v) is 7.02. The van der Waals surface area contributed by atoms with E-state index in [4.69, 9.17) is 0 Å². The third kappa shape index (κ3) is 3.29. The zero-order chi connectivity index (χ0) is 21.5. The second-order valence-corrected chi connectivity index (χ2v) is 8.89. The number of fused-ring (bicyclic) bond motifs is 3. The molecular weight excluding hydrogens is 406 g/mol. The molecule has 154 valence electrons. The summed E-state index contributed by atoms with van der Waals surface area (Å²) in [7, 11) is 0. The average molecular weight is 428 g/mol. The number of nitrogens with one attached hydrogen (secondary N) is 1. The average Bonchev–Trinajstić information content (AvgIpc) is 3.30. The highest BCUT2D eigenvalue weighted by Gasteiger charge is 2.21. The van der Waals surface area contributed by atoms with Gasteiger partial charge < -0.3 is 4.98 Å². The lowest BCUT2D eigenvalue weighted by Gasteiger charge is -2.09. The van der Waals surface area contributed by atoms with E-state index in [1.807, 2.05) is 48.9 Å². The summed E-state index contributed by atoms with van der Waals surface area (Å²) < 4.78 is 1.86. The first-order valence-corrected chi connectivity index (χ1v) is 11.2. The summed E-state index contributed by atoms with van der Waals surface area (Å²) in [5, 5.41) is 15.2. The Kier molecular flexibility index (Phi) is 4.79. The Morgan fingerprint density at radius 1 is 1.23 bits per heavy atom. The number of nitriles is 1. The van der Waals surface area contributed by atoms with Crippen molar-refractivity contribution in [3.8, 4) is 11.8 Å². The van der Waals surface area contributed by atoms with Crippen LogP contribution < -0.4 is 5.56 Å². The molecule has 3 heterocycles. The summed E-state index contributed by atoms with van der Waals surface area (Å²) in [5.41, 5.74) is 4.85. The number of H-pyrrole nitrogens is 1. The molecule has 1 aliphatic rings. The van der Waals surface area contributed by atoms with Gasteiger partial charge in [0, 0.05) is 16.1 Å². The Morgan fingerprint density at radius 3 is 2.77 bits per heavy atom. The van der Waals surface area contributed by atoms with Gasteiger partial charge in [-0.3, -0.25) is 4.79 Å². The van der Waals surface area contributed by atoms with Crippen molar-refractivity contribution in [3.63, 3.8) is 0 Å². The summed E-state index contributed by atoms with van der Waals surface area (Å²) in [6, 6.07) is 12.1. The molecule has 0 aliphatic heterocycles. The first kappa shape index (κ1) is 19.5. The molecule has 0 bridgehead atoms. The van der Waals surface area contributed by atoms with Crippen molar-refractivity contribution in [3.05, 3.63) is 73.9 Å². The number of hydrogen-bond acceptors (Lipinski definition) is 5. The number of aromatic nitrogens is 4. The molecule has 0 amide bonds. The number of nitrogens with zero attached hydrogens (tertiary/aromatic N) is 4. The van der Waals surface area contributed by atoms with Crippen LogP contribution in [0.2, 0.25) is 0 Å². The predicted octanol–water partition coefficient (Wildman–Crippen LogP) is 4.73. The van der Waals surface area contributed by atoms with Crippen LogP contribution >= 0.6 is 11.3 Å². The second-order valence-electron chi connectivity index (χ2n) is 7.81. The fourth-order valence-electron chi connectivity index (χ4n) is 4.27. The topological polar surface area (TPSA) is 87.4 Å². The van der Waals surface area contributed by atoms with Crippen molar-refractivity contribution in [1.29, 1.82) is 5.26 Å². The van der Waals surface area contributed by atoms with Gasteiger partial charge in [0.1, 0.15) is 10.9 Å². The minimum absolute atomic E-state index is 0.158. The maximum atomic E-state index is 12.9. The molecule has 0 saturated heterocycles. The standard InChI is InChI=1S/C24H21N5OS/c1-14-19(15(2)29(28-14)17-8-4-3-5-9-17)12-16(13-25)22-26-23(30)21-18-10-6-7-11-20(18)31-24(21)27-22/h3-5,8-9,12H,6-7,10-11H2,1-2H3,(H,26,27,30)/b16-12+. The van der Waals surface area contributed by atoms with Crippen LogP contribution in [0.25, 0.3) is 27.6 Å². The van der Waals surface area contributed by atoms with E-state index < -0.39 is 0 Å². The number of allylic oxidation sites excluding steroid dienone is 1. The summed E-state index contributed by atoms with van der Waals surface area (Å²) >= 11 is 1.59. The number of hydrogen-bond donors (Lipinski definition) is 1. The van der Waals surface area contributed by atoms with Crippen molar-refractivity contribution in [2.75, 3.05) is 0 Å². The molecule has 7 heteroatoms. The predicted molar refractivity (Wildman–Crippen MR) is 123 cm³/mol. The lowest BCUT2D eigenvalue weighted by Crippen LogP contribution is -2.12. The van der Waals surface area contributed by atoms with E-state index >= 15 is 0 Å². The summed E-state index contributed by atoms with van der Waals surface area (Å²) in [6.07, 6.45) is 5.96. The van der Waals surface area contributed by atoms with Crippen LogP contribution in [0.3, 0.4) is 0 Å². The quantitative estimate of drug-likeness (QED) is 0.479. The van der Waals surface area contributed by atoms with E-state index in [9.17, 15) is 10.1 Å². The molecule has 4 aromatic rings. The smallest absolute Gasteiger partial charge is 0.260 e.